The van der Waals surface area contributed by atoms with Crippen molar-refractivity contribution in [3.8, 4) is 0 Å². The summed E-state index contributed by atoms with van der Waals surface area (Å²) < 4.78 is 6.21. The first-order chi connectivity index (χ1) is 15.0. The van der Waals surface area contributed by atoms with E-state index in [0.29, 0.717) is 16.7 Å². The molecule has 0 radical (unpaired) electrons. The summed E-state index contributed by atoms with van der Waals surface area (Å²) in [5, 5.41) is 5.57. The van der Waals surface area contributed by atoms with E-state index in [1.165, 1.54) is 0 Å². The molecule has 0 aliphatic carbocycles. The molecule has 1 fully saturated rings. The number of imide groups is 1. The predicted octanol–water partition coefficient (Wildman–Crippen LogP) is 2.94. The van der Waals surface area contributed by atoms with Crippen LogP contribution >= 0.6 is 15.9 Å². The van der Waals surface area contributed by atoms with Crippen LogP contribution in [0.1, 0.15) is 15.9 Å². The molecule has 162 valence electrons. The highest BCUT2D eigenvalue weighted by molar-refractivity contribution is 9.10. The zero-order valence-corrected chi connectivity index (χ0v) is 18.9. The number of halogens is 1. The van der Waals surface area contributed by atoms with Gasteiger partial charge in [0, 0.05) is 66.4 Å². The first-order valence-electron chi connectivity index (χ1n) is 10.2. The number of hydrogen-bond donors (Lipinski definition) is 2. The van der Waals surface area contributed by atoms with Gasteiger partial charge in [0.15, 0.2) is 0 Å². The molecule has 2 amide bonds. The summed E-state index contributed by atoms with van der Waals surface area (Å²) >= 11 is 3.41. The molecule has 2 aromatic carbocycles. The Hall–Kier alpha value is -2.68. The topological polar surface area (TPSA) is 73.9 Å². The number of carbonyl (C=O) groups is 2. The second-order valence-corrected chi connectivity index (χ2v) is 8.51. The summed E-state index contributed by atoms with van der Waals surface area (Å²) in [5.74, 6) is -0.795. The third-order valence-corrected chi connectivity index (χ3v) is 6.03. The Morgan fingerprint density at radius 3 is 2.58 bits per heavy atom. The van der Waals surface area contributed by atoms with Gasteiger partial charge >= 0.3 is 0 Å². The van der Waals surface area contributed by atoms with Gasteiger partial charge in [0.1, 0.15) is 0 Å². The Balaban J connectivity index is 1.41. The smallest absolute Gasteiger partial charge is 0.260 e. The van der Waals surface area contributed by atoms with E-state index in [2.05, 4.69) is 55.5 Å². The number of hydrogen-bond acceptors (Lipinski definition) is 6. The first-order valence-corrected chi connectivity index (χ1v) is 11.0. The number of morpholine rings is 1. The Kier molecular flexibility index (Phi) is 6.70. The largest absolute Gasteiger partial charge is 0.379 e. The number of carbonyl (C=O) groups excluding carboxylic acids is 2. The van der Waals surface area contributed by atoms with Crippen LogP contribution < -0.4 is 15.5 Å². The van der Waals surface area contributed by atoms with Gasteiger partial charge in [-0.25, -0.2) is 0 Å². The van der Waals surface area contributed by atoms with E-state index in [1.54, 1.807) is 24.4 Å². The van der Waals surface area contributed by atoms with E-state index >= 15 is 0 Å². The van der Waals surface area contributed by atoms with Crippen molar-refractivity contribution < 1.29 is 14.3 Å². The lowest BCUT2D eigenvalue weighted by Crippen LogP contribution is -2.40. The third-order valence-electron chi connectivity index (χ3n) is 5.53. The number of rotatable bonds is 6. The number of benzene rings is 2. The monoisotopic (exact) mass is 484 g/mol. The van der Waals surface area contributed by atoms with Crippen LogP contribution in [0.3, 0.4) is 0 Å². The molecule has 0 atom stereocenters. The highest BCUT2D eigenvalue weighted by Gasteiger charge is 2.27. The van der Waals surface area contributed by atoms with Crippen molar-refractivity contribution in [2.45, 2.75) is 0 Å². The molecule has 0 bridgehead atoms. The van der Waals surface area contributed by atoms with E-state index in [4.69, 9.17) is 4.74 Å². The predicted molar refractivity (Wildman–Crippen MR) is 125 cm³/mol. The Morgan fingerprint density at radius 1 is 1.10 bits per heavy atom. The summed E-state index contributed by atoms with van der Waals surface area (Å²) in [6.07, 6.45) is 1.64. The summed E-state index contributed by atoms with van der Waals surface area (Å²) in [6.45, 7) is 5.56. The molecule has 2 heterocycles. The lowest BCUT2D eigenvalue weighted by molar-refractivity contribution is -0.114. The standard InChI is InChI=1S/C23H25BrN4O3/c1-27(8-9-28-10-12-31-13-11-28)18-5-3-17(4-6-18)25-15-21-20-14-16(24)2-7-19(20)22(29)26-23(21)30/h2-7,14-15,25H,8-13H2,1H3,(H,26,29,30). The number of nitrogens with one attached hydrogen (secondary N) is 2. The van der Waals surface area contributed by atoms with Crippen LogP contribution in [0.2, 0.25) is 0 Å². The Bertz CT molecular complexity index is 1000. The zero-order chi connectivity index (χ0) is 21.8. The van der Waals surface area contributed by atoms with Crippen LogP contribution in [0.15, 0.2) is 53.1 Å². The van der Waals surface area contributed by atoms with Crippen molar-refractivity contribution in [2.24, 2.45) is 0 Å². The molecule has 0 saturated carbocycles. The molecule has 0 unspecified atom stereocenters. The third kappa shape index (κ3) is 5.15. The minimum absolute atomic E-state index is 0.380. The summed E-state index contributed by atoms with van der Waals surface area (Å²) in [5.41, 5.74) is 3.49. The molecule has 0 aromatic heterocycles. The second kappa shape index (κ2) is 9.64. The van der Waals surface area contributed by atoms with Crippen molar-refractivity contribution in [2.75, 3.05) is 56.7 Å². The van der Waals surface area contributed by atoms with Crippen molar-refractivity contribution in [1.29, 1.82) is 0 Å². The maximum Gasteiger partial charge on any atom is 0.260 e. The molecule has 2 aromatic rings. The number of fused-ring (bicyclic) bond motifs is 1. The molecule has 8 heteroatoms. The first kappa shape index (κ1) is 21.5. The fourth-order valence-electron chi connectivity index (χ4n) is 3.65. The van der Waals surface area contributed by atoms with Crippen LogP contribution in [-0.4, -0.2) is 63.2 Å². The summed E-state index contributed by atoms with van der Waals surface area (Å²) in [6, 6.07) is 13.3. The second-order valence-electron chi connectivity index (χ2n) is 7.60. The maximum atomic E-state index is 12.4. The average molecular weight is 485 g/mol. The van der Waals surface area contributed by atoms with Crippen LogP contribution in [-0.2, 0) is 9.53 Å². The molecule has 7 nitrogen and oxygen atoms in total. The summed E-state index contributed by atoms with van der Waals surface area (Å²) in [7, 11) is 2.09. The molecule has 2 aliphatic heterocycles. The quantitative estimate of drug-likeness (QED) is 0.485. The minimum Gasteiger partial charge on any atom is -0.379 e. The zero-order valence-electron chi connectivity index (χ0n) is 17.4. The van der Waals surface area contributed by atoms with Gasteiger partial charge in [0.2, 0.25) is 0 Å². The normalized spacial score (nSPS) is 17.9. The molecule has 0 spiro atoms. The Morgan fingerprint density at radius 2 is 1.84 bits per heavy atom. The number of ether oxygens (including phenoxy) is 1. The van der Waals surface area contributed by atoms with Gasteiger partial charge in [0.25, 0.3) is 11.8 Å². The van der Waals surface area contributed by atoms with Gasteiger partial charge in [-0.2, -0.15) is 0 Å². The highest BCUT2D eigenvalue weighted by atomic mass is 79.9. The van der Waals surface area contributed by atoms with Crippen LogP contribution in [0, 0.1) is 0 Å². The Labute approximate surface area is 190 Å². The molecule has 4 rings (SSSR count). The van der Waals surface area contributed by atoms with Crippen molar-refractivity contribution >= 4 is 44.7 Å². The van der Waals surface area contributed by atoms with Crippen molar-refractivity contribution in [1.82, 2.24) is 10.2 Å². The van der Waals surface area contributed by atoms with Gasteiger partial charge in [-0.05, 0) is 42.5 Å². The van der Waals surface area contributed by atoms with E-state index in [1.807, 2.05) is 12.1 Å². The fourth-order valence-corrected chi connectivity index (χ4v) is 4.01. The van der Waals surface area contributed by atoms with E-state index in [9.17, 15) is 9.59 Å². The van der Waals surface area contributed by atoms with Gasteiger partial charge in [0.05, 0.1) is 18.8 Å². The van der Waals surface area contributed by atoms with E-state index in [-0.39, 0.29) is 5.91 Å². The van der Waals surface area contributed by atoms with E-state index in [0.717, 1.165) is 55.2 Å². The van der Waals surface area contributed by atoms with Gasteiger partial charge in [-0.15, -0.1) is 0 Å². The van der Waals surface area contributed by atoms with Crippen LogP contribution in [0.25, 0.3) is 5.57 Å². The number of nitrogens with zero attached hydrogens (tertiary/aromatic N) is 2. The van der Waals surface area contributed by atoms with E-state index < -0.39 is 5.91 Å². The summed E-state index contributed by atoms with van der Waals surface area (Å²) in [4.78, 5) is 29.1. The lowest BCUT2D eigenvalue weighted by Gasteiger charge is -2.29. The van der Waals surface area contributed by atoms with Gasteiger partial charge in [-0.3, -0.25) is 19.8 Å². The van der Waals surface area contributed by atoms with Crippen LogP contribution in [0.4, 0.5) is 11.4 Å². The molecule has 2 aliphatic rings. The van der Waals surface area contributed by atoms with Gasteiger partial charge < -0.3 is 15.0 Å². The fraction of sp³-hybridized carbons (Fsp3) is 0.304. The van der Waals surface area contributed by atoms with Crippen molar-refractivity contribution in [3.05, 3.63) is 64.3 Å². The SMILES string of the molecule is CN(CCN1CCOCC1)c1ccc(NC=C2C(=O)NC(=O)c3ccc(Br)cc32)cc1. The molecular weight excluding hydrogens is 460 g/mol. The highest BCUT2D eigenvalue weighted by Crippen LogP contribution is 2.27. The average Bonchev–Trinajstić information content (AvgIpc) is 2.78. The number of anilines is 2. The maximum absolute atomic E-state index is 12.4. The number of likely N-dealkylation sites (N-methyl/N-ethyl adjacent to an activating group) is 1. The molecule has 1 saturated heterocycles. The van der Waals surface area contributed by atoms with Gasteiger partial charge in [-0.1, -0.05) is 15.9 Å². The lowest BCUT2D eigenvalue weighted by atomic mass is 9.95. The molecule has 2 N–H and O–H groups in total. The molecule has 31 heavy (non-hydrogen) atoms. The van der Waals surface area contributed by atoms with Crippen molar-refractivity contribution in [3.63, 3.8) is 0 Å². The molecular formula is C23H25BrN4O3. The number of amides is 2. The minimum atomic E-state index is -0.414. The van der Waals surface area contributed by atoms with Crippen LogP contribution in [0.5, 0.6) is 0 Å².